The lowest BCUT2D eigenvalue weighted by molar-refractivity contribution is 0.0698. The molecule has 2 heterocycles. The van der Waals surface area contributed by atoms with Crippen LogP contribution in [0.25, 0.3) is 22.2 Å². The lowest BCUT2D eigenvalue weighted by Crippen LogP contribution is -2.11. The lowest BCUT2D eigenvalue weighted by Gasteiger charge is -2.19. The molecule has 0 fully saturated rings. The van der Waals surface area contributed by atoms with Gasteiger partial charge >= 0.3 is 5.97 Å². The molecular formula is C16H11NO2S. The highest BCUT2D eigenvalue weighted by Crippen LogP contribution is 2.39. The molecule has 1 N–H and O–H groups in total. The summed E-state index contributed by atoms with van der Waals surface area (Å²) in [5.74, 6) is -0.862. The van der Waals surface area contributed by atoms with Crippen molar-refractivity contribution in [2.24, 2.45) is 0 Å². The molecule has 0 spiro atoms. The average Bonchev–Trinajstić information content (AvgIpc) is 2.93. The Morgan fingerprint density at radius 3 is 2.90 bits per heavy atom. The number of carbonyl (C=O) groups is 1. The quantitative estimate of drug-likeness (QED) is 0.739. The SMILES string of the molecule is O=C(O)c1c2c(nc3ccccc13)-c1ccsc1CC2. The zero-order valence-electron chi connectivity index (χ0n) is 10.6. The van der Waals surface area contributed by atoms with Gasteiger partial charge in [0.25, 0.3) is 0 Å². The highest BCUT2D eigenvalue weighted by atomic mass is 32.1. The van der Waals surface area contributed by atoms with Gasteiger partial charge < -0.3 is 5.11 Å². The number of para-hydroxylation sites is 1. The van der Waals surface area contributed by atoms with Gasteiger partial charge in [0.15, 0.2) is 0 Å². The first-order valence-electron chi connectivity index (χ1n) is 6.47. The molecule has 3 nitrogen and oxygen atoms in total. The highest BCUT2D eigenvalue weighted by molar-refractivity contribution is 7.10. The lowest BCUT2D eigenvalue weighted by atomic mass is 9.89. The molecule has 20 heavy (non-hydrogen) atoms. The molecule has 2 aromatic heterocycles. The van der Waals surface area contributed by atoms with E-state index in [2.05, 4.69) is 5.38 Å². The van der Waals surface area contributed by atoms with Gasteiger partial charge in [0.1, 0.15) is 0 Å². The summed E-state index contributed by atoms with van der Waals surface area (Å²) < 4.78 is 0. The Morgan fingerprint density at radius 1 is 1.20 bits per heavy atom. The van der Waals surface area contributed by atoms with E-state index in [9.17, 15) is 9.90 Å². The van der Waals surface area contributed by atoms with Crippen LogP contribution in [-0.2, 0) is 12.8 Å². The van der Waals surface area contributed by atoms with E-state index < -0.39 is 5.97 Å². The first-order valence-corrected chi connectivity index (χ1v) is 7.35. The summed E-state index contributed by atoms with van der Waals surface area (Å²) in [6, 6.07) is 9.52. The third-order valence-corrected chi connectivity index (χ3v) is 4.79. The minimum Gasteiger partial charge on any atom is -0.478 e. The van der Waals surface area contributed by atoms with Gasteiger partial charge in [0.2, 0.25) is 0 Å². The van der Waals surface area contributed by atoms with Crippen molar-refractivity contribution in [2.75, 3.05) is 0 Å². The number of thiophene rings is 1. The third-order valence-electron chi connectivity index (χ3n) is 3.81. The van der Waals surface area contributed by atoms with Crippen LogP contribution in [0.3, 0.4) is 0 Å². The Labute approximate surface area is 119 Å². The summed E-state index contributed by atoms with van der Waals surface area (Å²) in [6.45, 7) is 0. The molecule has 0 saturated carbocycles. The Hall–Kier alpha value is -2.20. The van der Waals surface area contributed by atoms with Crippen molar-refractivity contribution in [3.63, 3.8) is 0 Å². The van der Waals surface area contributed by atoms with Crippen LogP contribution < -0.4 is 0 Å². The number of nitrogens with zero attached hydrogens (tertiary/aromatic N) is 1. The molecule has 4 heteroatoms. The van der Waals surface area contributed by atoms with Gasteiger partial charge in [0.05, 0.1) is 16.8 Å². The molecular weight excluding hydrogens is 270 g/mol. The number of hydrogen-bond donors (Lipinski definition) is 1. The summed E-state index contributed by atoms with van der Waals surface area (Å²) in [5, 5.41) is 12.4. The Bertz CT molecular complexity index is 851. The van der Waals surface area contributed by atoms with Gasteiger partial charge in [0, 0.05) is 15.8 Å². The summed E-state index contributed by atoms with van der Waals surface area (Å²) in [5.41, 5.74) is 4.00. The molecule has 1 aliphatic rings. The fourth-order valence-corrected chi connectivity index (χ4v) is 3.83. The van der Waals surface area contributed by atoms with Crippen molar-refractivity contribution in [1.29, 1.82) is 0 Å². The van der Waals surface area contributed by atoms with Crippen LogP contribution in [0, 0.1) is 0 Å². The van der Waals surface area contributed by atoms with Crippen molar-refractivity contribution < 1.29 is 9.90 Å². The van der Waals surface area contributed by atoms with E-state index in [-0.39, 0.29) is 0 Å². The molecule has 1 aromatic carbocycles. The molecule has 4 rings (SSSR count). The van der Waals surface area contributed by atoms with E-state index in [1.54, 1.807) is 11.3 Å². The van der Waals surface area contributed by atoms with E-state index in [1.165, 1.54) is 4.88 Å². The first-order chi connectivity index (χ1) is 9.75. The fraction of sp³-hybridized carbons (Fsp3) is 0.125. The molecule has 0 saturated heterocycles. The van der Waals surface area contributed by atoms with Crippen molar-refractivity contribution in [1.82, 2.24) is 4.98 Å². The maximum absolute atomic E-state index is 11.7. The number of aromatic carboxylic acids is 1. The number of pyridine rings is 1. The second-order valence-electron chi connectivity index (χ2n) is 4.89. The van der Waals surface area contributed by atoms with Crippen LogP contribution in [0.4, 0.5) is 0 Å². The molecule has 0 radical (unpaired) electrons. The summed E-state index contributed by atoms with van der Waals surface area (Å²) in [4.78, 5) is 17.7. The number of carboxylic acids is 1. The predicted octanol–water partition coefficient (Wildman–Crippen LogP) is 3.76. The Kier molecular flexibility index (Phi) is 2.41. The third kappa shape index (κ3) is 1.51. The standard InChI is InChI=1S/C16H11NO2S/c18-16(19)14-9-3-1-2-4-12(9)17-15-10-7-8-20-13(10)6-5-11(14)15/h1-4,7-8H,5-6H2,(H,18,19). The number of rotatable bonds is 1. The number of fused-ring (bicyclic) bond motifs is 4. The van der Waals surface area contributed by atoms with E-state index in [4.69, 9.17) is 4.98 Å². The van der Waals surface area contributed by atoms with Crippen LogP contribution in [0.5, 0.6) is 0 Å². The van der Waals surface area contributed by atoms with Crippen LogP contribution in [0.2, 0.25) is 0 Å². The van der Waals surface area contributed by atoms with E-state index in [0.717, 1.165) is 40.6 Å². The maximum atomic E-state index is 11.7. The number of benzene rings is 1. The van der Waals surface area contributed by atoms with E-state index in [0.29, 0.717) is 5.56 Å². The van der Waals surface area contributed by atoms with E-state index in [1.807, 2.05) is 30.3 Å². The molecule has 0 aliphatic heterocycles. The van der Waals surface area contributed by atoms with E-state index >= 15 is 0 Å². The van der Waals surface area contributed by atoms with Gasteiger partial charge in [-0.3, -0.25) is 0 Å². The van der Waals surface area contributed by atoms with Gasteiger partial charge in [-0.1, -0.05) is 18.2 Å². The van der Waals surface area contributed by atoms with Crippen molar-refractivity contribution in [3.8, 4) is 11.3 Å². The van der Waals surface area contributed by atoms with Gasteiger partial charge in [-0.05, 0) is 35.9 Å². The fourth-order valence-electron chi connectivity index (χ4n) is 2.95. The van der Waals surface area contributed by atoms with Gasteiger partial charge in [-0.25, -0.2) is 9.78 Å². The summed E-state index contributed by atoms with van der Waals surface area (Å²) in [7, 11) is 0. The van der Waals surface area contributed by atoms with Crippen molar-refractivity contribution in [3.05, 3.63) is 51.7 Å². The van der Waals surface area contributed by atoms with Crippen LogP contribution in [-0.4, -0.2) is 16.1 Å². The molecule has 1 aliphatic carbocycles. The number of aryl methyl sites for hydroxylation is 1. The molecule has 98 valence electrons. The zero-order valence-corrected chi connectivity index (χ0v) is 11.4. The number of carboxylic acid groups (broad SMARTS) is 1. The van der Waals surface area contributed by atoms with Crippen LogP contribution >= 0.6 is 11.3 Å². The summed E-state index contributed by atoms with van der Waals surface area (Å²) in [6.07, 6.45) is 1.66. The smallest absolute Gasteiger partial charge is 0.336 e. The number of aromatic nitrogens is 1. The van der Waals surface area contributed by atoms with Gasteiger partial charge in [-0.15, -0.1) is 11.3 Å². The highest BCUT2D eigenvalue weighted by Gasteiger charge is 2.25. The molecule has 0 bridgehead atoms. The van der Waals surface area contributed by atoms with Crippen LogP contribution in [0.1, 0.15) is 20.8 Å². The topological polar surface area (TPSA) is 50.2 Å². The zero-order chi connectivity index (χ0) is 13.7. The molecule has 0 atom stereocenters. The number of hydrogen-bond acceptors (Lipinski definition) is 3. The van der Waals surface area contributed by atoms with Gasteiger partial charge in [-0.2, -0.15) is 0 Å². The largest absolute Gasteiger partial charge is 0.478 e. The Morgan fingerprint density at radius 2 is 2.05 bits per heavy atom. The minimum absolute atomic E-state index is 0.419. The molecule has 0 unspecified atom stereocenters. The predicted molar refractivity (Wildman–Crippen MR) is 79.4 cm³/mol. The normalized spacial score (nSPS) is 13.0. The van der Waals surface area contributed by atoms with Crippen molar-refractivity contribution in [2.45, 2.75) is 12.8 Å². The minimum atomic E-state index is -0.862. The van der Waals surface area contributed by atoms with Crippen molar-refractivity contribution >= 4 is 28.2 Å². The monoisotopic (exact) mass is 281 g/mol. The second-order valence-corrected chi connectivity index (χ2v) is 5.89. The maximum Gasteiger partial charge on any atom is 0.336 e. The second kappa shape index (κ2) is 4.15. The summed E-state index contributed by atoms with van der Waals surface area (Å²) >= 11 is 1.72. The average molecular weight is 281 g/mol. The first kappa shape index (κ1) is 11.6. The molecule has 0 amide bonds. The van der Waals surface area contributed by atoms with Crippen LogP contribution in [0.15, 0.2) is 35.7 Å². The Balaban J connectivity index is 2.16. The molecule has 3 aromatic rings.